The maximum atomic E-state index is 11.8. The predicted molar refractivity (Wildman–Crippen MR) is 64.5 cm³/mol. The fourth-order valence-electron chi connectivity index (χ4n) is 2.67. The van der Waals surface area contributed by atoms with Crippen LogP contribution in [0.25, 0.3) is 0 Å². The zero-order valence-electron chi connectivity index (χ0n) is 10.1. The van der Waals surface area contributed by atoms with Crippen LogP contribution in [0.4, 0.5) is 0 Å². The number of fused-ring (bicyclic) bond motifs is 1. The van der Waals surface area contributed by atoms with Gasteiger partial charge in [0.25, 0.3) is 0 Å². The molecule has 0 bridgehead atoms. The predicted octanol–water partition coefficient (Wildman–Crippen LogP) is 2.21. The van der Waals surface area contributed by atoms with Gasteiger partial charge in [-0.05, 0) is 30.5 Å². The third-order valence-corrected chi connectivity index (χ3v) is 3.72. The molecule has 1 aromatic carbocycles. The summed E-state index contributed by atoms with van der Waals surface area (Å²) < 4.78 is 10.5. The van der Waals surface area contributed by atoms with Crippen molar-refractivity contribution in [3.63, 3.8) is 0 Å². The molecule has 1 aliphatic heterocycles. The van der Waals surface area contributed by atoms with Gasteiger partial charge >= 0.3 is 0 Å². The first-order valence-corrected chi connectivity index (χ1v) is 6.36. The van der Waals surface area contributed by atoms with Gasteiger partial charge < -0.3 is 14.6 Å². The minimum atomic E-state index is -0.729. The summed E-state index contributed by atoms with van der Waals surface area (Å²) in [7, 11) is 0. The Morgan fingerprint density at radius 2 is 2.06 bits per heavy atom. The van der Waals surface area contributed by atoms with Crippen LogP contribution in [0.1, 0.15) is 37.4 Å². The van der Waals surface area contributed by atoms with Crippen molar-refractivity contribution in [1.82, 2.24) is 0 Å². The molecule has 3 rings (SSSR count). The van der Waals surface area contributed by atoms with Gasteiger partial charge in [-0.2, -0.15) is 0 Å². The van der Waals surface area contributed by atoms with Gasteiger partial charge in [-0.1, -0.05) is 12.5 Å². The molecule has 0 radical (unpaired) electrons. The van der Waals surface area contributed by atoms with E-state index >= 15 is 0 Å². The van der Waals surface area contributed by atoms with Crippen LogP contribution in [0.2, 0.25) is 0 Å². The smallest absolute Gasteiger partial charge is 0.231 e. The molecule has 18 heavy (non-hydrogen) atoms. The Kier molecular flexibility index (Phi) is 2.96. The number of hydrogen-bond acceptors (Lipinski definition) is 4. The molecule has 1 saturated carbocycles. The topological polar surface area (TPSA) is 55.8 Å². The fourth-order valence-corrected chi connectivity index (χ4v) is 2.67. The van der Waals surface area contributed by atoms with Crippen molar-refractivity contribution in [3.8, 4) is 11.5 Å². The van der Waals surface area contributed by atoms with Gasteiger partial charge in [0.2, 0.25) is 6.79 Å². The summed E-state index contributed by atoms with van der Waals surface area (Å²) in [5, 5.41) is 10.3. The van der Waals surface area contributed by atoms with Crippen molar-refractivity contribution in [2.75, 3.05) is 6.79 Å². The van der Waals surface area contributed by atoms with Gasteiger partial charge in [-0.25, -0.2) is 0 Å². The van der Waals surface area contributed by atoms with Crippen molar-refractivity contribution in [3.05, 3.63) is 23.8 Å². The van der Waals surface area contributed by atoms with Crippen molar-refractivity contribution >= 4 is 5.78 Å². The normalized spacial score (nSPS) is 24.1. The molecule has 2 atom stereocenters. The second kappa shape index (κ2) is 4.61. The first-order valence-electron chi connectivity index (χ1n) is 6.36. The molecule has 0 saturated heterocycles. The van der Waals surface area contributed by atoms with Crippen LogP contribution < -0.4 is 9.47 Å². The van der Waals surface area contributed by atoms with Gasteiger partial charge in [0.15, 0.2) is 11.5 Å². The maximum Gasteiger partial charge on any atom is 0.231 e. The number of benzene rings is 1. The van der Waals surface area contributed by atoms with Gasteiger partial charge in [0.1, 0.15) is 5.78 Å². The molecule has 1 fully saturated rings. The summed E-state index contributed by atoms with van der Waals surface area (Å²) >= 11 is 0. The SMILES string of the molecule is O=C1CCCCC1C(O)c1ccc2c(c1)OCO2. The zero-order valence-corrected chi connectivity index (χ0v) is 10.1. The molecule has 0 spiro atoms. The Hall–Kier alpha value is -1.55. The summed E-state index contributed by atoms with van der Waals surface area (Å²) in [6.45, 7) is 0.219. The number of carbonyl (C=O) groups is 1. The molecule has 1 heterocycles. The average Bonchev–Trinajstić information content (AvgIpc) is 2.85. The Morgan fingerprint density at radius 3 is 2.89 bits per heavy atom. The number of ether oxygens (including phenoxy) is 2. The van der Waals surface area contributed by atoms with E-state index in [4.69, 9.17) is 9.47 Å². The molecule has 1 N–H and O–H groups in total. The summed E-state index contributed by atoms with van der Waals surface area (Å²) in [4.78, 5) is 11.8. The number of aliphatic hydroxyl groups is 1. The maximum absolute atomic E-state index is 11.8. The summed E-state index contributed by atoms with van der Waals surface area (Å²) in [6, 6.07) is 5.36. The molecule has 1 aromatic rings. The van der Waals surface area contributed by atoms with Crippen LogP contribution >= 0.6 is 0 Å². The zero-order chi connectivity index (χ0) is 12.5. The van der Waals surface area contributed by atoms with E-state index in [0.717, 1.165) is 24.8 Å². The lowest BCUT2D eigenvalue weighted by Crippen LogP contribution is -2.25. The van der Waals surface area contributed by atoms with Crippen LogP contribution in [-0.4, -0.2) is 17.7 Å². The van der Waals surface area contributed by atoms with Crippen molar-refractivity contribution in [2.45, 2.75) is 31.8 Å². The molecule has 2 unspecified atom stereocenters. The lowest BCUT2D eigenvalue weighted by atomic mass is 9.81. The van der Waals surface area contributed by atoms with Crippen molar-refractivity contribution < 1.29 is 19.4 Å². The molecule has 4 nitrogen and oxygen atoms in total. The van der Waals surface area contributed by atoms with Gasteiger partial charge in [0.05, 0.1) is 6.10 Å². The first kappa shape index (κ1) is 11.5. The number of Topliss-reactive ketones (excluding diaryl/α,β-unsaturated/α-hetero) is 1. The van der Waals surface area contributed by atoms with Crippen LogP contribution in [-0.2, 0) is 4.79 Å². The Balaban J connectivity index is 1.83. The summed E-state index contributed by atoms with van der Waals surface area (Å²) in [5.41, 5.74) is 0.736. The minimum Gasteiger partial charge on any atom is -0.454 e. The van der Waals surface area contributed by atoms with E-state index in [1.54, 1.807) is 18.2 Å². The number of hydrogen-bond donors (Lipinski definition) is 1. The molecule has 2 aliphatic rings. The van der Waals surface area contributed by atoms with E-state index in [2.05, 4.69) is 0 Å². The average molecular weight is 248 g/mol. The largest absolute Gasteiger partial charge is 0.454 e. The third kappa shape index (κ3) is 1.97. The molecule has 0 aromatic heterocycles. The van der Waals surface area contributed by atoms with Crippen molar-refractivity contribution in [1.29, 1.82) is 0 Å². The highest BCUT2D eigenvalue weighted by Crippen LogP contribution is 2.38. The highest BCUT2D eigenvalue weighted by Gasteiger charge is 2.30. The quantitative estimate of drug-likeness (QED) is 0.871. The van der Waals surface area contributed by atoms with E-state index in [1.807, 2.05) is 0 Å². The lowest BCUT2D eigenvalue weighted by molar-refractivity contribution is -0.128. The fraction of sp³-hybridized carbons (Fsp3) is 0.500. The highest BCUT2D eigenvalue weighted by molar-refractivity contribution is 5.82. The van der Waals surface area contributed by atoms with Crippen LogP contribution in [0.5, 0.6) is 11.5 Å². The summed E-state index contributed by atoms with van der Waals surface area (Å²) in [5.74, 6) is 1.25. The third-order valence-electron chi connectivity index (χ3n) is 3.72. The molecule has 4 heteroatoms. The monoisotopic (exact) mass is 248 g/mol. The lowest BCUT2D eigenvalue weighted by Gasteiger charge is -2.25. The number of aliphatic hydroxyl groups excluding tert-OH is 1. The molecular weight excluding hydrogens is 232 g/mol. The minimum absolute atomic E-state index is 0.173. The number of rotatable bonds is 2. The highest BCUT2D eigenvalue weighted by atomic mass is 16.7. The first-order chi connectivity index (χ1) is 8.75. The molecular formula is C14H16O4. The second-order valence-electron chi connectivity index (χ2n) is 4.88. The summed E-state index contributed by atoms with van der Waals surface area (Å²) in [6.07, 6.45) is 2.59. The number of ketones is 1. The van der Waals surface area contributed by atoms with E-state index < -0.39 is 6.10 Å². The van der Waals surface area contributed by atoms with E-state index in [9.17, 15) is 9.90 Å². The van der Waals surface area contributed by atoms with E-state index in [1.165, 1.54) is 0 Å². The molecule has 0 amide bonds. The van der Waals surface area contributed by atoms with Gasteiger partial charge in [-0.3, -0.25) is 4.79 Å². The molecule has 1 aliphatic carbocycles. The Morgan fingerprint density at radius 1 is 1.22 bits per heavy atom. The van der Waals surface area contributed by atoms with Gasteiger partial charge in [0, 0.05) is 12.3 Å². The molecule has 96 valence electrons. The Bertz CT molecular complexity index is 469. The van der Waals surface area contributed by atoms with Crippen LogP contribution in [0, 0.1) is 5.92 Å². The van der Waals surface area contributed by atoms with Gasteiger partial charge in [-0.15, -0.1) is 0 Å². The second-order valence-corrected chi connectivity index (χ2v) is 4.88. The van der Waals surface area contributed by atoms with Crippen LogP contribution in [0.15, 0.2) is 18.2 Å². The standard InChI is InChI=1S/C14H16O4/c15-11-4-2-1-3-10(11)14(16)9-5-6-12-13(7-9)18-8-17-12/h5-7,10,14,16H,1-4,8H2. The Labute approximate surface area is 106 Å². The van der Waals surface area contributed by atoms with E-state index in [0.29, 0.717) is 17.9 Å². The number of carbonyl (C=O) groups excluding carboxylic acids is 1. The van der Waals surface area contributed by atoms with E-state index in [-0.39, 0.29) is 18.5 Å². The van der Waals surface area contributed by atoms with Crippen LogP contribution in [0.3, 0.4) is 0 Å². The van der Waals surface area contributed by atoms with Crippen molar-refractivity contribution in [2.24, 2.45) is 5.92 Å².